The number of carbonyl (C=O) groups excluding carboxylic acids is 1. The Labute approximate surface area is 191 Å². The highest BCUT2D eigenvalue weighted by molar-refractivity contribution is 6.30. The molecule has 0 atom stereocenters. The van der Waals surface area contributed by atoms with Gasteiger partial charge in [-0.25, -0.2) is 4.68 Å². The van der Waals surface area contributed by atoms with Gasteiger partial charge in [0.15, 0.2) is 5.60 Å². The van der Waals surface area contributed by atoms with E-state index in [2.05, 4.69) is 10.3 Å². The third kappa shape index (κ3) is 4.98. The second kappa shape index (κ2) is 9.24. The first-order valence-corrected chi connectivity index (χ1v) is 10.6. The van der Waals surface area contributed by atoms with Crippen molar-refractivity contribution >= 4 is 17.5 Å². The maximum atomic E-state index is 12.9. The molecule has 0 aliphatic rings. The van der Waals surface area contributed by atoms with Crippen molar-refractivity contribution in [2.45, 2.75) is 26.0 Å². The highest BCUT2D eigenvalue weighted by atomic mass is 35.5. The highest BCUT2D eigenvalue weighted by Crippen LogP contribution is 2.24. The predicted octanol–water partition coefficient (Wildman–Crippen LogP) is 5.06. The lowest BCUT2D eigenvalue weighted by Gasteiger charge is -2.25. The van der Waals surface area contributed by atoms with Gasteiger partial charge in [0.25, 0.3) is 5.91 Å². The Morgan fingerprint density at radius 2 is 1.72 bits per heavy atom. The van der Waals surface area contributed by atoms with E-state index < -0.39 is 5.60 Å². The molecular weight excluding hydrogens is 424 g/mol. The third-order valence-electron chi connectivity index (χ3n) is 4.94. The molecule has 7 heteroatoms. The van der Waals surface area contributed by atoms with E-state index in [0.717, 1.165) is 22.5 Å². The maximum Gasteiger partial charge on any atom is 0.263 e. The lowest BCUT2D eigenvalue weighted by Crippen LogP contribution is -2.46. The zero-order valence-electron chi connectivity index (χ0n) is 17.8. The van der Waals surface area contributed by atoms with E-state index in [1.807, 2.05) is 53.3 Å². The summed E-state index contributed by atoms with van der Waals surface area (Å²) in [5, 5.41) is 8.36. The predicted molar refractivity (Wildman–Crippen MR) is 125 cm³/mol. The van der Waals surface area contributed by atoms with Crippen LogP contribution >= 0.6 is 11.6 Å². The fraction of sp³-hybridized carbons (Fsp3) is 0.160. The van der Waals surface area contributed by atoms with Gasteiger partial charge in [0.1, 0.15) is 5.75 Å². The van der Waals surface area contributed by atoms with Crippen LogP contribution in [-0.2, 0) is 11.3 Å². The molecule has 1 N–H and O–H groups in total. The van der Waals surface area contributed by atoms with Crippen molar-refractivity contribution < 1.29 is 9.53 Å². The van der Waals surface area contributed by atoms with Crippen LogP contribution in [0.25, 0.3) is 16.9 Å². The smallest absolute Gasteiger partial charge is 0.263 e. The molecule has 0 radical (unpaired) electrons. The quantitative estimate of drug-likeness (QED) is 0.430. The van der Waals surface area contributed by atoms with E-state index in [-0.39, 0.29) is 5.91 Å². The number of benzene rings is 2. The Morgan fingerprint density at radius 3 is 2.41 bits per heavy atom. The van der Waals surface area contributed by atoms with Crippen molar-refractivity contribution in [3.63, 3.8) is 0 Å². The summed E-state index contributed by atoms with van der Waals surface area (Å²) in [6, 6.07) is 20.6. The molecule has 0 unspecified atom stereocenters. The SMILES string of the molecule is CC(C)(Oc1ccc(Cl)cc1)C(=O)NCc1cn(-c2ccccc2)nc1-c1ccncc1. The first-order valence-electron chi connectivity index (χ1n) is 10.2. The monoisotopic (exact) mass is 446 g/mol. The van der Waals surface area contributed by atoms with Gasteiger partial charge in [-0.2, -0.15) is 5.10 Å². The molecule has 2 aromatic carbocycles. The molecule has 0 fully saturated rings. The number of hydrogen-bond acceptors (Lipinski definition) is 4. The first kappa shape index (κ1) is 21.6. The van der Waals surface area contributed by atoms with Crippen LogP contribution in [-0.4, -0.2) is 26.3 Å². The number of nitrogens with one attached hydrogen (secondary N) is 1. The van der Waals surface area contributed by atoms with E-state index in [9.17, 15) is 4.79 Å². The summed E-state index contributed by atoms with van der Waals surface area (Å²) in [6.07, 6.45) is 5.38. The molecule has 32 heavy (non-hydrogen) atoms. The number of halogens is 1. The Bertz CT molecular complexity index is 1190. The minimum absolute atomic E-state index is 0.236. The van der Waals surface area contributed by atoms with Crippen molar-refractivity contribution in [1.82, 2.24) is 20.1 Å². The van der Waals surface area contributed by atoms with Gasteiger partial charge in [-0.3, -0.25) is 9.78 Å². The molecule has 162 valence electrons. The lowest BCUT2D eigenvalue weighted by atomic mass is 10.1. The van der Waals surface area contributed by atoms with Crippen LogP contribution in [0.5, 0.6) is 5.75 Å². The third-order valence-corrected chi connectivity index (χ3v) is 5.19. The molecule has 0 aliphatic heterocycles. The summed E-state index contributed by atoms with van der Waals surface area (Å²) in [5.41, 5.74) is 2.46. The van der Waals surface area contributed by atoms with Crippen LogP contribution in [0.2, 0.25) is 5.02 Å². The number of amides is 1. The van der Waals surface area contributed by atoms with E-state index in [1.54, 1.807) is 50.5 Å². The standard InChI is InChI=1S/C25H23ClN4O2/c1-25(2,32-22-10-8-20(26)9-11-22)24(31)28-16-19-17-30(21-6-4-3-5-7-21)29-23(19)18-12-14-27-15-13-18/h3-15,17H,16H2,1-2H3,(H,28,31). The van der Waals surface area contributed by atoms with Crippen LogP contribution in [0.4, 0.5) is 0 Å². The van der Waals surface area contributed by atoms with Gasteiger partial charge in [0, 0.05) is 41.3 Å². The van der Waals surface area contributed by atoms with Crippen LogP contribution in [0.15, 0.2) is 85.3 Å². The largest absolute Gasteiger partial charge is 0.478 e. The number of nitrogens with zero attached hydrogens (tertiary/aromatic N) is 3. The molecule has 0 saturated carbocycles. The zero-order valence-corrected chi connectivity index (χ0v) is 18.6. The topological polar surface area (TPSA) is 69.0 Å². The molecular formula is C25H23ClN4O2. The molecule has 0 saturated heterocycles. The molecule has 2 heterocycles. The van der Waals surface area contributed by atoms with E-state index in [0.29, 0.717) is 17.3 Å². The van der Waals surface area contributed by atoms with Gasteiger partial charge < -0.3 is 10.1 Å². The van der Waals surface area contributed by atoms with Gasteiger partial charge in [0.2, 0.25) is 0 Å². The van der Waals surface area contributed by atoms with Crippen molar-refractivity contribution in [1.29, 1.82) is 0 Å². The number of para-hydroxylation sites is 1. The Balaban J connectivity index is 1.54. The fourth-order valence-corrected chi connectivity index (χ4v) is 3.36. The number of rotatable bonds is 7. The number of carbonyl (C=O) groups is 1. The van der Waals surface area contributed by atoms with Crippen LogP contribution in [0.1, 0.15) is 19.4 Å². The number of hydrogen-bond donors (Lipinski definition) is 1. The second-order valence-electron chi connectivity index (χ2n) is 7.77. The van der Waals surface area contributed by atoms with Gasteiger partial charge >= 0.3 is 0 Å². The minimum atomic E-state index is -1.07. The number of pyridine rings is 1. The van der Waals surface area contributed by atoms with Crippen LogP contribution in [0.3, 0.4) is 0 Å². The average molecular weight is 447 g/mol. The van der Waals surface area contributed by atoms with Gasteiger partial charge in [-0.1, -0.05) is 29.8 Å². The minimum Gasteiger partial charge on any atom is -0.478 e. The van der Waals surface area contributed by atoms with Gasteiger partial charge in [-0.05, 0) is 62.4 Å². The zero-order chi connectivity index (χ0) is 22.6. The molecule has 0 bridgehead atoms. The van der Waals surface area contributed by atoms with Crippen molar-refractivity contribution in [3.8, 4) is 22.7 Å². The van der Waals surface area contributed by atoms with Crippen molar-refractivity contribution in [2.75, 3.05) is 0 Å². The highest BCUT2D eigenvalue weighted by Gasteiger charge is 2.30. The summed E-state index contributed by atoms with van der Waals surface area (Å²) in [6.45, 7) is 3.76. The van der Waals surface area contributed by atoms with Crippen molar-refractivity contribution in [2.24, 2.45) is 0 Å². The second-order valence-corrected chi connectivity index (χ2v) is 8.20. The molecule has 0 aliphatic carbocycles. The first-order chi connectivity index (χ1) is 15.4. The van der Waals surface area contributed by atoms with E-state index in [4.69, 9.17) is 21.4 Å². The van der Waals surface area contributed by atoms with Crippen molar-refractivity contribution in [3.05, 3.63) is 95.9 Å². The Morgan fingerprint density at radius 1 is 1.03 bits per heavy atom. The van der Waals surface area contributed by atoms with E-state index in [1.165, 1.54) is 0 Å². The summed E-state index contributed by atoms with van der Waals surface area (Å²) < 4.78 is 7.71. The molecule has 6 nitrogen and oxygen atoms in total. The maximum absolute atomic E-state index is 12.9. The fourth-order valence-electron chi connectivity index (χ4n) is 3.24. The molecule has 0 spiro atoms. The van der Waals surface area contributed by atoms with Gasteiger partial charge in [0.05, 0.1) is 11.4 Å². The number of ether oxygens (including phenoxy) is 1. The van der Waals surface area contributed by atoms with Crippen LogP contribution < -0.4 is 10.1 Å². The average Bonchev–Trinajstić information content (AvgIpc) is 3.24. The van der Waals surface area contributed by atoms with Gasteiger partial charge in [-0.15, -0.1) is 0 Å². The summed E-state index contributed by atoms with van der Waals surface area (Å²) in [4.78, 5) is 17.0. The molecule has 4 rings (SSSR count). The summed E-state index contributed by atoms with van der Waals surface area (Å²) >= 11 is 5.93. The molecule has 2 aromatic heterocycles. The Hall–Kier alpha value is -3.64. The summed E-state index contributed by atoms with van der Waals surface area (Å²) in [7, 11) is 0. The Kier molecular flexibility index (Phi) is 6.23. The molecule has 1 amide bonds. The molecule has 4 aromatic rings. The van der Waals surface area contributed by atoms with E-state index >= 15 is 0 Å². The summed E-state index contributed by atoms with van der Waals surface area (Å²) in [5.74, 6) is 0.338. The number of aromatic nitrogens is 3. The normalized spacial score (nSPS) is 11.2. The van der Waals surface area contributed by atoms with Crippen LogP contribution in [0, 0.1) is 0 Å². The lowest BCUT2D eigenvalue weighted by molar-refractivity contribution is -0.134.